The van der Waals surface area contributed by atoms with E-state index in [4.69, 9.17) is 5.73 Å². The van der Waals surface area contributed by atoms with Crippen molar-refractivity contribution in [3.63, 3.8) is 0 Å². The summed E-state index contributed by atoms with van der Waals surface area (Å²) in [5.74, 6) is -0.530. The average Bonchev–Trinajstić information content (AvgIpc) is 2.58. The van der Waals surface area contributed by atoms with E-state index < -0.39 is 26.5 Å². The van der Waals surface area contributed by atoms with E-state index in [9.17, 15) is 28.1 Å². The number of pyridine rings is 1. The van der Waals surface area contributed by atoms with Crippen molar-refractivity contribution in [3.05, 3.63) is 45.7 Å². The number of hydrogen-bond acceptors (Lipinski definition) is 8. The first-order valence-corrected chi connectivity index (χ1v) is 8.71. The van der Waals surface area contributed by atoms with E-state index in [1.807, 2.05) is 0 Å². The zero-order chi connectivity index (χ0) is 19.5. The summed E-state index contributed by atoms with van der Waals surface area (Å²) in [6.07, 6.45) is 0. The third-order valence-corrected chi connectivity index (χ3v) is 4.42. The zero-order valence-electron chi connectivity index (χ0n) is 13.6. The van der Waals surface area contributed by atoms with E-state index in [2.05, 4.69) is 10.2 Å². The Bertz CT molecular complexity index is 1080. The number of aromatic nitrogens is 1. The van der Waals surface area contributed by atoms with Gasteiger partial charge in [-0.15, -0.1) is 10.2 Å². The molecule has 2 aromatic rings. The maximum absolute atomic E-state index is 12.5. The van der Waals surface area contributed by atoms with Crippen LogP contribution in [-0.2, 0) is 16.7 Å². The van der Waals surface area contributed by atoms with Gasteiger partial charge >= 0.3 is 0 Å². The molecule has 1 aromatic heterocycles. The molecule has 0 amide bonds. The van der Waals surface area contributed by atoms with Gasteiger partial charge in [-0.05, 0) is 19.1 Å². The first kappa shape index (κ1) is 19.3. The van der Waals surface area contributed by atoms with Crippen LogP contribution in [0.3, 0.4) is 0 Å². The minimum atomic E-state index is -4.54. The Morgan fingerprint density at radius 1 is 1.31 bits per heavy atom. The van der Waals surface area contributed by atoms with E-state index >= 15 is 0 Å². The molecule has 0 saturated carbocycles. The highest BCUT2D eigenvalue weighted by atomic mass is 32.2. The van der Waals surface area contributed by atoms with Crippen LogP contribution in [0.1, 0.15) is 11.1 Å². The monoisotopic (exact) mass is 377 g/mol. The highest BCUT2D eigenvalue weighted by Crippen LogP contribution is 2.29. The molecule has 0 aliphatic rings. The number of nitrogens with zero attached hydrogens (tertiary/aromatic N) is 4. The molecule has 1 aromatic carbocycles. The highest BCUT2D eigenvalue weighted by Gasteiger charge is 2.19. The molecule has 26 heavy (non-hydrogen) atoms. The smallest absolute Gasteiger partial charge is 0.296 e. The Balaban J connectivity index is 2.69. The van der Waals surface area contributed by atoms with Crippen LogP contribution >= 0.6 is 0 Å². The Hall–Kier alpha value is -3.07. The van der Waals surface area contributed by atoms with Crippen LogP contribution in [0.2, 0.25) is 0 Å². The normalized spacial score (nSPS) is 11.6. The van der Waals surface area contributed by atoms with Gasteiger partial charge in [0, 0.05) is 18.7 Å². The van der Waals surface area contributed by atoms with Crippen molar-refractivity contribution < 1.29 is 18.1 Å². The van der Waals surface area contributed by atoms with Gasteiger partial charge in [0.2, 0.25) is 5.88 Å². The Labute approximate surface area is 148 Å². The lowest BCUT2D eigenvalue weighted by Crippen LogP contribution is -2.25. The molecule has 0 aliphatic carbocycles. The summed E-state index contributed by atoms with van der Waals surface area (Å²) >= 11 is 0. The maximum atomic E-state index is 12.5. The van der Waals surface area contributed by atoms with Crippen molar-refractivity contribution in [3.8, 4) is 11.9 Å². The van der Waals surface area contributed by atoms with Crippen molar-refractivity contribution >= 4 is 21.5 Å². The molecule has 0 unspecified atom stereocenters. The average molecular weight is 377 g/mol. The molecule has 4 N–H and O–H groups in total. The van der Waals surface area contributed by atoms with E-state index in [1.54, 1.807) is 6.07 Å². The van der Waals surface area contributed by atoms with Gasteiger partial charge in [-0.2, -0.15) is 13.7 Å². The number of rotatable bonds is 5. The molecule has 11 heteroatoms. The van der Waals surface area contributed by atoms with Crippen molar-refractivity contribution in [1.29, 1.82) is 5.26 Å². The molecule has 0 bridgehead atoms. The quantitative estimate of drug-likeness (QED) is 0.521. The fourth-order valence-corrected chi connectivity index (χ4v) is 2.88. The van der Waals surface area contributed by atoms with Gasteiger partial charge in [-0.3, -0.25) is 13.9 Å². The summed E-state index contributed by atoms with van der Waals surface area (Å²) < 4.78 is 32.9. The highest BCUT2D eigenvalue weighted by molar-refractivity contribution is 7.86. The van der Waals surface area contributed by atoms with Gasteiger partial charge in [0.05, 0.1) is 0 Å². The topological polar surface area (TPSA) is 171 Å². The van der Waals surface area contributed by atoms with E-state index in [0.29, 0.717) is 0 Å². The van der Waals surface area contributed by atoms with Crippen molar-refractivity contribution in [1.82, 2.24) is 4.57 Å². The van der Waals surface area contributed by atoms with Crippen molar-refractivity contribution in [2.75, 3.05) is 6.54 Å². The lowest BCUT2D eigenvalue weighted by molar-refractivity contribution is 0.406. The molecule has 0 radical (unpaired) electrons. The molecule has 10 nitrogen and oxygen atoms in total. The predicted molar refractivity (Wildman–Crippen MR) is 91.3 cm³/mol. The van der Waals surface area contributed by atoms with Crippen LogP contribution in [0, 0.1) is 18.3 Å². The molecule has 0 spiro atoms. The maximum Gasteiger partial charge on any atom is 0.296 e. The molecule has 136 valence electrons. The molecule has 0 aliphatic heterocycles. The van der Waals surface area contributed by atoms with Crippen LogP contribution in [0.5, 0.6) is 5.88 Å². The van der Waals surface area contributed by atoms with E-state index in [-0.39, 0.29) is 35.6 Å². The van der Waals surface area contributed by atoms with E-state index in [1.165, 1.54) is 25.1 Å². The third kappa shape index (κ3) is 3.62. The largest absolute Gasteiger partial charge is 0.493 e. The summed E-state index contributed by atoms with van der Waals surface area (Å²) in [5.41, 5.74) is 4.14. The van der Waals surface area contributed by atoms with Gasteiger partial charge < -0.3 is 10.8 Å². The second-order valence-corrected chi connectivity index (χ2v) is 6.56. The number of nitrogens with two attached hydrogens (primary N) is 1. The first-order chi connectivity index (χ1) is 12.2. The van der Waals surface area contributed by atoms with Crippen LogP contribution in [0.15, 0.2) is 44.2 Å². The summed E-state index contributed by atoms with van der Waals surface area (Å²) in [6.45, 7) is 1.38. The molecule has 1 heterocycles. The molecule has 2 rings (SSSR count). The number of hydrogen-bond donors (Lipinski definition) is 3. The standard InChI is InChI=1S/C15H15N5O5S/c1-9-10(8-17)14(21)20(7-6-16)15(22)13(9)19-18-11-4-2-3-5-12(11)26(23,24)25/h2-5,21H,6-7,16H2,1H3,(H,23,24,25). The number of azo groups is 1. The van der Waals surface area contributed by atoms with Crippen LogP contribution in [-0.4, -0.2) is 29.2 Å². The van der Waals surface area contributed by atoms with Gasteiger partial charge in [-0.1, -0.05) is 12.1 Å². The summed E-state index contributed by atoms with van der Waals surface area (Å²) in [7, 11) is -4.54. The Kier molecular flexibility index (Phi) is 5.51. The number of benzene rings is 1. The SMILES string of the molecule is Cc1c(C#N)c(O)n(CCN)c(=O)c1N=Nc1ccccc1S(=O)(=O)O. The van der Waals surface area contributed by atoms with Gasteiger partial charge in [-0.25, -0.2) is 0 Å². The van der Waals surface area contributed by atoms with Crippen molar-refractivity contribution in [2.24, 2.45) is 16.0 Å². The van der Waals surface area contributed by atoms with Gasteiger partial charge in [0.1, 0.15) is 22.2 Å². The molecular weight excluding hydrogens is 362 g/mol. The van der Waals surface area contributed by atoms with Crippen LogP contribution < -0.4 is 11.3 Å². The summed E-state index contributed by atoms with van der Waals surface area (Å²) in [6, 6.07) is 7.04. The zero-order valence-corrected chi connectivity index (χ0v) is 14.4. The van der Waals surface area contributed by atoms with Crippen molar-refractivity contribution in [2.45, 2.75) is 18.4 Å². The van der Waals surface area contributed by atoms with Gasteiger partial charge in [0.15, 0.2) is 5.69 Å². The second kappa shape index (κ2) is 7.44. The van der Waals surface area contributed by atoms with Crippen LogP contribution in [0.25, 0.3) is 0 Å². The first-order valence-electron chi connectivity index (χ1n) is 7.27. The fourth-order valence-electron chi connectivity index (χ4n) is 2.26. The Morgan fingerprint density at radius 2 is 1.96 bits per heavy atom. The molecule has 0 fully saturated rings. The fraction of sp³-hybridized carbons (Fsp3) is 0.200. The number of nitriles is 1. The minimum absolute atomic E-state index is 0.0313. The predicted octanol–water partition coefficient (Wildman–Crippen LogP) is 1.35. The second-order valence-electron chi connectivity index (χ2n) is 5.17. The lowest BCUT2D eigenvalue weighted by Gasteiger charge is -2.11. The summed E-state index contributed by atoms with van der Waals surface area (Å²) in [5, 5.41) is 26.7. The minimum Gasteiger partial charge on any atom is -0.493 e. The molecular formula is C15H15N5O5S. The lowest BCUT2D eigenvalue weighted by atomic mass is 10.1. The Morgan fingerprint density at radius 3 is 2.54 bits per heavy atom. The summed E-state index contributed by atoms with van der Waals surface area (Å²) in [4.78, 5) is 12.0. The molecule has 0 saturated heterocycles. The molecule has 0 atom stereocenters. The van der Waals surface area contributed by atoms with Crippen LogP contribution in [0.4, 0.5) is 11.4 Å². The third-order valence-electron chi connectivity index (χ3n) is 3.52. The van der Waals surface area contributed by atoms with Gasteiger partial charge in [0.25, 0.3) is 15.7 Å². The number of aromatic hydroxyl groups is 1. The van der Waals surface area contributed by atoms with E-state index in [0.717, 1.165) is 10.6 Å².